The van der Waals surface area contributed by atoms with Crippen LogP contribution in [0.4, 0.5) is 0 Å². The minimum absolute atomic E-state index is 0.264. The van der Waals surface area contributed by atoms with E-state index in [1.54, 1.807) is 13.0 Å². The molecular formula is C7H13NO2. The van der Waals surface area contributed by atoms with Crippen LogP contribution in [0, 0.1) is 5.41 Å². The van der Waals surface area contributed by atoms with E-state index in [1.807, 2.05) is 6.92 Å². The monoisotopic (exact) mass is 143 g/mol. The lowest BCUT2D eigenvalue weighted by atomic mass is 10.4. The van der Waals surface area contributed by atoms with Gasteiger partial charge in [0.15, 0.2) is 6.79 Å². The number of allylic oxidation sites excluding steroid dienone is 1. The maximum atomic E-state index is 6.97. The van der Waals surface area contributed by atoms with E-state index in [2.05, 4.69) is 0 Å². The Morgan fingerprint density at radius 2 is 2.30 bits per heavy atom. The molecule has 0 heterocycles. The summed E-state index contributed by atoms with van der Waals surface area (Å²) in [5, 5.41) is 6.97. The van der Waals surface area contributed by atoms with Crippen LogP contribution in [0.15, 0.2) is 12.3 Å². The summed E-state index contributed by atoms with van der Waals surface area (Å²) < 4.78 is 9.71. The minimum atomic E-state index is 0.264. The van der Waals surface area contributed by atoms with Crippen LogP contribution in [0.25, 0.3) is 0 Å². The molecule has 0 saturated carbocycles. The summed E-state index contributed by atoms with van der Waals surface area (Å²) in [4.78, 5) is 0. The fraction of sp³-hybridized carbons (Fsp3) is 0.571. The van der Waals surface area contributed by atoms with Gasteiger partial charge in [0.25, 0.3) is 0 Å². The quantitative estimate of drug-likeness (QED) is 0.274. The molecule has 58 valence electrons. The second-order valence-corrected chi connectivity index (χ2v) is 1.76. The fourth-order valence-corrected chi connectivity index (χ4v) is 0.321. The van der Waals surface area contributed by atoms with Crippen molar-refractivity contribution in [1.29, 1.82) is 5.41 Å². The Morgan fingerprint density at radius 3 is 2.80 bits per heavy atom. The number of rotatable bonds is 5. The highest BCUT2D eigenvalue weighted by Gasteiger charge is 1.78. The van der Waals surface area contributed by atoms with Crippen LogP contribution < -0.4 is 0 Å². The Morgan fingerprint density at radius 1 is 1.60 bits per heavy atom. The molecule has 0 spiro atoms. The van der Waals surface area contributed by atoms with Crippen LogP contribution >= 0.6 is 0 Å². The zero-order valence-corrected chi connectivity index (χ0v) is 6.39. The standard InChI is InChI=1S/C7H13NO2/c1-3-9-6-10-5-4-7(2)8/h4-5,8H,3,6H2,1-2H3/b5-4+,8-7?. The summed E-state index contributed by atoms with van der Waals surface area (Å²) in [5.41, 5.74) is 0.469. The topological polar surface area (TPSA) is 42.3 Å². The highest BCUT2D eigenvalue weighted by molar-refractivity contribution is 5.89. The van der Waals surface area contributed by atoms with Crippen LogP contribution in [0.5, 0.6) is 0 Å². The summed E-state index contributed by atoms with van der Waals surface area (Å²) in [6, 6.07) is 0. The van der Waals surface area contributed by atoms with Gasteiger partial charge in [-0.2, -0.15) is 0 Å². The molecule has 0 aliphatic heterocycles. The Kier molecular flexibility index (Phi) is 5.77. The van der Waals surface area contributed by atoms with E-state index in [1.165, 1.54) is 6.26 Å². The molecule has 0 aromatic carbocycles. The van der Waals surface area contributed by atoms with E-state index in [4.69, 9.17) is 14.9 Å². The lowest BCUT2D eigenvalue weighted by Crippen LogP contribution is -1.94. The fourth-order valence-electron chi connectivity index (χ4n) is 0.321. The predicted octanol–water partition coefficient (Wildman–Crippen LogP) is 1.55. The Hall–Kier alpha value is -0.830. The molecule has 0 amide bonds. The Labute approximate surface area is 61.2 Å². The van der Waals surface area contributed by atoms with Crippen molar-refractivity contribution < 1.29 is 9.47 Å². The molecule has 0 fully saturated rings. The molecule has 10 heavy (non-hydrogen) atoms. The number of hydrogen-bond acceptors (Lipinski definition) is 3. The molecule has 0 rings (SSSR count). The van der Waals surface area contributed by atoms with Crippen LogP contribution in [0.3, 0.4) is 0 Å². The van der Waals surface area contributed by atoms with Crippen molar-refractivity contribution >= 4 is 5.71 Å². The minimum Gasteiger partial charge on any atom is -0.475 e. The number of hydrogen-bond donors (Lipinski definition) is 1. The van der Waals surface area contributed by atoms with Gasteiger partial charge in [0.2, 0.25) is 0 Å². The molecule has 0 radical (unpaired) electrons. The van der Waals surface area contributed by atoms with Crippen molar-refractivity contribution in [1.82, 2.24) is 0 Å². The van der Waals surface area contributed by atoms with Crippen LogP contribution in [0.2, 0.25) is 0 Å². The van der Waals surface area contributed by atoms with E-state index < -0.39 is 0 Å². The highest BCUT2D eigenvalue weighted by atomic mass is 16.7. The second kappa shape index (κ2) is 6.29. The molecule has 0 aromatic heterocycles. The average Bonchev–Trinajstić information content (AvgIpc) is 1.87. The van der Waals surface area contributed by atoms with Crippen molar-refractivity contribution in [2.75, 3.05) is 13.4 Å². The molecule has 0 aliphatic carbocycles. The molecule has 0 aliphatic rings. The zero-order valence-electron chi connectivity index (χ0n) is 6.39. The van der Waals surface area contributed by atoms with E-state index in [0.29, 0.717) is 12.3 Å². The van der Waals surface area contributed by atoms with Gasteiger partial charge in [-0.15, -0.1) is 0 Å². The van der Waals surface area contributed by atoms with Crippen LogP contribution in [0.1, 0.15) is 13.8 Å². The maximum absolute atomic E-state index is 6.97. The molecule has 0 saturated heterocycles. The number of nitrogens with one attached hydrogen (secondary N) is 1. The summed E-state index contributed by atoms with van der Waals surface area (Å²) in [6.45, 7) is 4.49. The summed E-state index contributed by atoms with van der Waals surface area (Å²) in [6.07, 6.45) is 3.02. The normalized spacial score (nSPS) is 10.2. The highest BCUT2D eigenvalue weighted by Crippen LogP contribution is 1.80. The van der Waals surface area contributed by atoms with Gasteiger partial charge in [-0.25, -0.2) is 0 Å². The van der Waals surface area contributed by atoms with Gasteiger partial charge in [-0.3, -0.25) is 0 Å². The largest absolute Gasteiger partial charge is 0.475 e. The molecule has 1 N–H and O–H groups in total. The third kappa shape index (κ3) is 7.17. The Balaban J connectivity index is 3.10. The maximum Gasteiger partial charge on any atom is 0.188 e. The third-order valence-corrected chi connectivity index (χ3v) is 0.770. The van der Waals surface area contributed by atoms with Crippen LogP contribution in [-0.2, 0) is 9.47 Å². The molecule has 0 bridgehead atoms. The first-order valence-corrected chi connectivity index (χ1v) is 3.18. The van der Waals surface area contributed by atoms with E-state index in [-0.39, 0.29) is 6.79 Å². The molecule has 0 unspecified atom stereocenters. The molecule has 3 heteroatoms. The van der Waals surface area contributed by atoms with Crippen molar-refractivity contribution in [2.45, 2.75) is 13.8 Å². The van der Waals surface area contributed by atoms with Crippen molar-refractivity contribution in [3.05, 3.63) is 12.3 Å². The average molecular weight is 143 g/mol. The SMILES string of the molecule is CCOCO/C=C/C(C)=N. The van der Waals surface area contributed by atoms with Gasteiger partial charge < -0.3 is 14.9 Å². The lowest BCUT2D eigenvalue weighted by Gasteiger charge is -1.98. The van der Waals surface area contributed by atoms with E-state index in [0.717, 1.165) is 0 Å². The summed E-state index contributed by atoms with van der Waals surface area (Å²) in [5.74, 6) is 0. The van der Waals surface area contributed by atoms with Gasteiger partial charge in [0, 0.05) is 12.3 Å². The molecular weight excluding hydrogens is 130 g/mol. The van der Waals surface area contributed by atoms with Gasteiger partial charge in [0.1, 0.15) is 0 Å². The molecule has 3 nitrogen and oxygen atoms in total. The first-order valence-electron chi connectivity index (χ1n) is 3.18. The van der Waals surface area contributed by atoms with Crippen molar-refractivity contribution in [3.8, 4) is 0 Å². The molecule has 0 aromatic rings. The van der Waals surface area contributed by atoms with E-state index in [9.17, 15) is 0 Å². The van der Waals surface area contributed by atoms with Gasteiger partial charge in [-0.05, 0) is 19.9 Å². The summed E-state index contributed by atoms with van der Waals surface area (Å²) in [7, 11) is 0. The van der Waals surface area contributed by atoms with Crippen LogP contribution in [-0.4, -0.2) is 19.1 Å². The lowest BCUT2D eigenvalue weighted by molar-refractivity contribution is -0.00498. The van der Waals surface area contributed by atoms with Crippen molar-refractivity contribution in [3.63, 3.8) is 0 Å². The van der Waals surface area contributed by atoms with Gasteiger partial charge in [-0.1, -0.05) is 0 Å². The molecule has 0 atom stereocenters. The van der Waals surface area contributed by atoms with E-state index >= 15 is 0 Å². The first kappa shape index (κ1) is 9.17. The van der Waals surface area contributed by atoms with Crippen molar-refractivity contribution in [2.24, 2.45) is 0 Å². The smallest absolute Gasteiger partial charge is 0.188 e. The van der Waals surface area contributed by atoms with Gasteiger partial charge >= 0.3 is 0 Å². The zero-order chi connectivity index (χ0) is 7.82. The predicted molar refractivity (Wildman–Crippen MR) is 40.1 cm³/mol. The third-order valence-electron chi connectivity index (χ3n) is 0.770. The first-order chi connectivity index (χ1) is 4.77. The number of ether oxygens (including phenoxy) is 2. The Bertz CT molecular complexity index is 121. The van der Waals surface area contributed by atoms with Gasteiger partial charge in [0.05, 0.1) is 6.26 Å². The second-order valence-electron chi connectivity index (χ2n) is 1.76. The summed E-state index contributed by atoms with van der Waals surface area (Å²) >= 11 is 0.